The van der Waals surface area contributed by atoms with Gasteiger partial charge in [0.2, 0.25) is 0 Å². The van der Waals surface area contributed by atoms with E-state index in [2.05, 4.69) is 27.6 Å². The molecule has 1 amide bonds. The van der Waals surface area contributed by atoms with Gasteiger partial charge in [-0.15, -0.1) is 0 Å². The van der Waals surface area contributed by atoms with Gasteiger partial charge in [0.15, 0.2) is 5.96 Å². The Morgan fingerprint density at radius 3 is 2.43 bits per heavy atom. The summed E-state index contributed by atoms with van der Waals surface area (Å²) in [6, 6.07) is 1.97. The number of hydrogen-bond acceptors (Lipinski definition) is 4. The smallest absolute Gasteiger partial charge is 0.410 e. The highest BCUT2D eigenvalue weighted by atomic mass is 16.6. The average molecular weight is 396 g/mol. The van der Waals surface area contributed by atoms with Crippen LogP contribution in [0.25, 0.3) is 0 Å². The lowest BCUT2D eigenvalue weighted by Gasteiger charge is -2.47. The zero-order valence-corrected chi connectivity index (χ0v) is 18.9. The SMILES string of the molecule is CN=C(NCCC(C)N(C)C(=O)OC(C)(C)C)NC1CC2CCCC(C1)N2C. The van der Waals surface area contributed by atoms with Gasteiger partial charge in [-0.25, -0.2) is 4.79 Å². The van der Waals surface area contributed by atoms with Gasteiger partial charge < -0.3 is 25.2 Å². The Bertz CT molecular complexity index is 531. The van der Waals surface area contributed by atoms with Crippen LogP contribution in [0.4, 0.5) is 4.79 Å². The molecule has 0 spiro atoms. The van der Waals surface area contributed by atoms with Gasteiger partial charge >= 0.3 is 6.09 Å². The van der Waals surface area contributed by atoms with E-state index >= 15 is 0 Å². The highest BCUT2D eigenvalue weighted by Gasteiger charge is 2.36. The summed E-state index contributed by atoms with van der Waals surface area (Å²) in [5.41, 5.74) is -0.471. The molecular formula is C21H41N5O2. The molecule has 2 bridgehead atoms. The number of amides is 1. The number of hydrogen-bond donors (Lipinski definition) is 2. The van der Waals surface area contributed by atoms with Crippen LogP contribution in [0.15, 0.2) is 4.99 Å². The summed E-state index contributed by atoms with van der Waals surface area (Å²) in [5, 5.41) is 7.03. The Hall–Kier alpha value is -1.50. The van der Waals surface area contributed by atoms with E-state index in [0.29, 0.717) is 18.1 Å². The quantitative estimate of drug-likeness (QED) is 0.553. The molecule has 2 rings (SSSR count). The molecule has 2 heterocycles. The second kappa shape index (κ2) is 9.81. The first kappa shape index (κ1) is 22.8. The number of guanidine groups is 1. The zero-order valence-electron chi connectivity index (χ0n) is 18.9. The maximum atomic E-state index is 12.2. The normalized spacial score (nSPS) is 27.1. The van der Waals surface area contributed by atoms with Crippen LogP contribution < -0.4 is 10.6 Å². The Morgan fingerprint density at radius 1 is 1.29 bits per heavy atom. The molecule has 7 heteroatoms. The molecule has 0 aliphatic carbocycles. The molecule has 0 radical (unpaired) electrons. The van der Waals surface area contributed by atoms with Crippen LogP contribution in [0.1, 0.15) is 66.2 Å². The molecule has 0 aromatic heterocycles. The number of nitrogens with zero attached hydrogens (tertiary/aromatic N) is 3. The zero-order chi connectivity index (χ0) is 20.9. The molecule has 0 aromatic rings. The number of piperidine rings is 2. The van der Waals surface area contributed by atoms with E-state index in [9.17, 15) is 4.79 Å². The van der Waals surface area contributed by atoms with Crippen molar-refractivity contribution < 1.29 is 9.53 Å². The third-order valence-corrected chi connectivity index (χ3v) is 6.10. The van der Waals surface area contributed by atoms with Crippen molar-refractivity contribution in [2.45, 2.75) is 96.0 Å². The van der Waals surface area contributed by atoms with Crippen molar-refractivity contribution >= 4 is 12.1 Å². The molecule has 2 N–H and O–H groups in total. The van der Waals surface area contributed by atoms with Crippen LogP contribution in [0.3, 0.4) is 0 Å². The summed E-state index contributed by atoms with van der Waals surface area (Å²) in [6.07, 6.45) is 6.91. The number of nitrogens with one attached hydrogen (secondary N) is 2. The van der Waals surface area contributed by atoms with Gasteiger partial charge in [0.05, 0.1) is 0 Å². The van der Waals surface area contributed by atoms with Crippen molar-refractivity contribution in [1.82, 2.24) is 20.4 Å². The van der Waals surface area contributed by atoms with Crippen LogP contribution in [0.2, 0.25) is 0 Å². The molecule has 3 atom stereocenters. The van der Waals surface area contributed by atoms with E-state index in [4.69, 9.17) is 4.74 Å². The fourth-order valence-corrected chi connectivity index (χ4v) is 4.23. The first-order chi connectivity index (χ1) is 13.1. The van der Waals surface area contributed by atoms with Crippen LogP contribution in [0, 0.1) is 0 Å². The maximum absolute atomic E-state index is 12.2. The third-order valence-electron chi connectivity index (χ3n) is 6.10. The van der Waals surface area contributed by atoms with Crippen molar-refractivity contribution in [2.24, 2.45) is 4.99 Å². The first-order valence-electron chi connectivity index (χ1n) is 10.8. The molecule has 28 heavy (non-hydrogen) atoms. The van der Waals surface area contributed by atoms with Gasteiger partial charge in [0.1, 0.15) is 5.60 Å². The van der Waals surface area contributed by atoms with Crippen LogP contribution in [0.5, 0.6) is 0 Å². The summed E-state index contributed by atoms with van der Waals surface area (Å²) >= 11 is 0. The minimum absolute atomic E-state index is 0.0862. The first-order valence-corrected chi connectivity index (χ1v) is 10.8. The van der Waals surface area contributed by atoms with Gasteiger partial charge in [0.25, 0.3) is 0 Å². The minimum atomic E-state index is -0.471. The summed E-state index contributed by atoms with van der Waals surface area (Å²) in [5.74, 6) is 0.861. The monoisotopic (exact) mass is 395 g/mol. The van der Waals surface area contributed by atoms with E-state index in [-0.39, 0.29) is 12.1 Å². The highest BCUT2D eigenvalue weighted by molar-refractivity contribution is 5.80. The lowest BCUT2D eigenvalue weighted by molar-refractivity contribution is 0.0230. The molecule has 0 saturated carbocycles. The Morgan fingerprint density at radius 2 is 1.89 bits per heavy atom. The fraction of sp³-hybridized carbons (Fsp3) is 0.905. The van der Waals surface area contributed by atoms with Crippen molar-refractivity contribution in [1.29, 1.82) is 0 Å². The number of carbonyl (C=O) groups excluding carboxylic acids is 1. The van der Waals surface area contributed by atoms with Crippen molar-refractivity contribution in [3.8, 4) is 0 Å². The highest BCUT2D eigenvalue weighted by Crippen LogP contribution is 2.32. The van der Waals surface area contributed by atoms with Crippen molar-refractivity contribution in [3.05, 3.63) is 0 Å². The number of rotatable bonds is 5. The molecule has 3 unspecified atom stereocenters. The number of fused-ring (bicyclic) bond motifs is 2. The molecule has 2 fully saturated rings. The standard InChI is InChI=1S/C21H41N5O2/c1-15(25(6)20(27)28-21(2,3)4)11-12-23-19(22-5)24-16-13-17-9-8-10-18(14-16)26(17)7/h15-18H,8-14H2,1-7H3,(H2,22,23,24). The molecule has 7 nitrogen and oxygen atoms in total. The second-order valence-corrected chi connectivity index (χ2v) is 9.44. The maximum Gasteiger partial charge on any atom is 0.410 e. The summed E-state index contributed by atoms with van der Waals surface area (Å²) in [6.45, 7) is 8.46. The van der Waals surface area contributed by atoms with Crippen LogP contribution in [-0.4, -0.2) is 79.3 Å². The van der Waals surface area contributed by atoms with E-state index in [1.165, 1.54) is 32.1 Å². The van der Waals surface area contributed by atoms with E-state index < -0.39 is 5.60 Å². The van der Waals surface area contributed by atoms with Crippen LogP contribution >= 0.6 is 0 Å². The van der Waals surface area contributed by atoms with E-state index in [1.807, 2.05) is 34.7 Å². The largest absolute Gasteiger partial charge is 0.444 e. The number of ether oxygens (including phenoxy) is 1. The van der Waals surface area contributed by atoms with Gasteiger partial charge in [-0.05, 0) is 66.8 Å². The fourth-order valence-electron chi connectivity index (χ4n) is 4.23. The molecular weight excluding hydrogens is 354 g/mol. The minimum Gasteiger partial charge on any atom is -0.444 e. The number of aliphatic imine (C=N–C) groups is 1. The molecule has 162 valence electrons. The second-order valence-electron chi connectivity index (χ2n) is 9.44. The average Bonchev–Trinajstić information content (AvgIpc) is 2.59. The lowest BCUT2D eigenvalue weighted by Crippen LogP contribution is -2.56. The summed E-state index contributed by atoms with van der Waals surface area (Å²) in [4.78, 5) is 20.8. The Balaban J connectivity index is 1.74. The predicted octanol–water partition coefficient (Wildman–Crippen LogP) is 2.81. The van der Waals surface area contributed by atoms with Crippen molar-refractivity contribution in [3.63, 3.8) is 0 Å². The lowest BCUT2D eigenvalue weighted by atomic mass is 9.82. The third kappa shape index (κ3) is 6.54. The van der Waals surface area contributed by atoms with Crippen LogP contribution in [-0.2, 0) is 4.74 Å². The molecule has 0 aromatic carbocycles. The van der Waals surface area contributed by atoms with Gasteiger partial charge in [-0.2, -0.15) is 0 Å². The Kier molecular flexibility index (Phi) is 7.98. The van der Waals surface area contributed by atoms with Gasteiger partial charge in [0, 0.05) is 44.8 Å². The van der Waals surface area contributed by atoms with Gasteiger partial charge in [-0.1, -0.05) is 6.42 Å². The van der Waals surface area contributed by atoms with Crippen molar-refractivity contribution in [2.75, 3.05) is 27.7 Å². The molecule has 2 aliphatic heterocycles. The van der Waals surface area contributed by atoms with E-state index in [0.717, 1.165) is 18.9 Å². The Labute approximate surface area is 171 Å². The molecule has 2 aliphatic rings. The number of carbonyl (C=O) groups is 1. The van der Waals surface area contributed by atoms with E-state index in [1.54, 1.807) is 11.9 Å². The summed E-state index contributed by atoms with van der Waals surface area (Å²) < 4.78 is 5.44. The van der Waals surface area contributed by atoms with Gasteiger partial charge in [-0.3, -0.25) is 4.99 Å². The topological polar surface area (TPSA) is 69.2 Å². The summed E-state index contributed by atoms with van der Waals surface area (Å²) in [7, 11) is 5.89. The molecule has 2 saturated heterocycles. The predicted molar refractivity (Wildman–Crippen MR) is 115 cm³/mol.